The first-order valence-corrected chi connectivity index (χ1v) is 7.68. The maximum absolute atomic E-state index is 10.8. The maximum atomic E-state index is 10.8. The minimum Gasteiger partial charge on any atom is -0.481 e. The zero-order valence-corrected chi connectivity index (χ0v) is 12.3. The molecule has 20 heavy (non-hydrogen) atoms. The number of carbonyl (C=O) groups is 1. The maximum Gasteiger partial charge on any atom is 0.303 e. The lowest BCUT2D eigenvalue weighted by molar-refractivity contribution is -0.137. The van der Waals surface area contributed by atoms with Crippen LogP contribution in [0.25, 0.3) is 0 Å². The number of piperidine rings is 1. The molecule has 110 valence electrons. The van der Waals surface area contributed by atoms with E-state index in [2.05, 4.69) is 36.1 Å². The molecule has 2 unspecified atom stereocenters. The summed E-state index contributed by atoms with van der Waals surface area (Å²) in [5.74, 6) is -0.675. The zero-order chi connectivity index (χ0) is 14.4. The number of benzene rings is 1. The van der Waals surface area contributed by atoms with E-state index in [1.165, 1.54) is 18.4 Å². The second-order valence-electron chi connectivity index (χ2n) is 5.86. The number of carboxylic acid groups (broad SMARTS) is 1. The van der Waals surface area contributed by atoms with Gasteiger partial charge in [0.2, 0.25) is 0 Å². The fourth-order valence-corrected chi connectivity index (χ4v) is 3.28. The van der Waals surface area contributed by atoms with Crippen LogP contribution in [0.15, 0.2) is 30.3 Å². The number of carboxylic acids is 1. The van der Waals surface area contributed by atoms with Crippen LogP contribution in [-0.2, 0) is 11.2 Å². The molecule has 1 N–H and O–H groups in total. The smallest absolute Gasteiger partial charge is 0.303 e. The Morgan fingerprint density at radius 3 is 2.80 bits per heavy atom. The minimum absolute atomic E-state index is 0.291. The van der Waals surface area contributed by atoms with Crippen molar-refractivity contribution < 1.29 is 9.90 Å². The molecule has 1 saturated heterocycles. The third kappa shape index (κ3) is 4.34. The highest BCUT2D eigenvalue weighted by Gasteiger charge is 2.26. The molecular formula is C17H25NO2. The standard InChI is InChI=1S/C17H25NO2/c1-14(13-15-7-3-2-4-8-15)18-12-6-5-9-16(18)10-11-17(19)20/h2-4,7-8,14,16H,5-6,9-13H2,1H3,(H,19,20). The van der Waals surface area contributed by atoms with E-state index < -0.39 is 5.97 Å². The van der Waals surface area contributed by atoms with Gasteiger partial charge in [0.15, 0.2) is 0 Å². The summed E-state index contributed by atoms with van der Waals surface area (Å²) in [5.41, 5.74) is 1.36. The van der Waals surface area contributed by atoms with Crippen LogP contribution < -0.4 is 0 Å². The van der Waals surface area contributed by atoms with Gasteiger partial charge >= 0.3 is 5.97 Å². The second-order valence-corrected chi connectivity index (χ2v) is 5.86. The Morgan fingerprint density at radius 2 is 2.10 bits per heavy atom. The highest BCUT2D eigenvalue weighted by Crippen LogP contribution is 2.24. The van der Waals surface area contributed by atoms with E-state index in [-0.39, 0.29) is 0 Å². The van der Waals surface area contributed by atoms with Gasteiger partial charge in [0.25, 0.3) is 0 Å². The van der Waals surface area contributed by atoms with Crippen molar-refractivity contribution in [1.82, 2.24) is 4.90 Å². The van der Waals surface area contributed by atoms with Crippen molar-refractivity contribution in [3.63, 3.8) is 0 Å². The number of hydrogen-bond acceptors (Lipinski definition) is 2. The molecule has 1 aliphatic heterocycles. The summed E-state index contributed by atoms with van der Waals surface area (Å²) in [5, 5.41) is 8.89. The molecule has 0 radical (unpaired) electrons. The van der Waals surface area contributed by atoms with E-state index in [1.54, 1.807) is 0 Å². The van der Waals surface area contributed by atoms with Gasteiger partial charge in [0, 0.05) is 18.5 Å². The number of nitrogens with zero attached hydrogens (tertiary/aromatic N) is 1. The van der Waals surface area contributed by atoms with Gasteiger partial charge in [-0.15, -0.1) is 0 Å². The second kappa shape index (κ2) is 7.44. The number of rotatable bonds is 6. The van der Waals surface area contributed by atoms with Crippen LogP contribution in [0.1, 0.15) is 44.6 Å². The molecule has 0 aromatic heterocycles. The number of likely N-dealkylation sites (tertiary alicyclic amines) is 1. The van der Waals surface area contributed by atoms with Crippen LogP contribution in [0.3, 0.4) is 0 Å². The van der Waals surface area contributed by atoms with Gasteiger partial charge in [-0.3, -0.25) is 9.69 Å². The Kier molecular flexibility index (Phi) is 5.60. The fraction of sp³-hybridized carbons (Fsp3) is 0.588. The van der Waals surface area contributed by atoms with Gasteiger partial charge in [-0.05, 0) is 44.7 Å². The normalized spacial score (nSPS) is 21.6. The first-order valence-electron chi connectivity index (χ1n) is 7.68. The molecule has 3 heteroatoms. The van der Waals surface area contributed by atoms with Gasteiger partial charge in [0.1, 0.15) is 0 Å². The molecule has 3 nitrogen and oxygen atoms in total. The quantitative estimate of drug-likeness (QED) is 0.865. The molecule has 0 amide bonds. The summed E-state index contributed by atoms with van der Waals surface area (Å²) in [6.45, 7) is 3.38. The SMILES string of the molecule is CC(Cc1ccccc1)N1CCCCC1CCC(=O)O. The molecule has 0 saturated carbocycles. The van der Waals surface area contributed by atoms with Crippen molar-refractivity contribution in [2.45, 2.75) is 57.5 Å². The summed E-state index contributed by atoms with van der Waals surface area (Å²) in [7, 11) is 0. The van der Waals surface area contributed by atoms with Crippen molar-refractivity contribution in [2.24, 2.45) is 0 Å². The summed E-state index contributed by atoms with van der Waals surface area (Å²) in [4.78, 5) is 13.3. The summed E-state index contributed by atoms with van der Waals surface area (Å²) in [6, 6.07) is 11.5. The van der Waals surface area contributed by atoms with Crippen molar-refractivity contribution in [3.8, 4) is 0 Å². The van der Waals surface area contributed by atoms with Crippen molar-refractivity contribution >= 4 is 5.97 Å². The van der Waals surface area contributed by atoms with E-state index >= 15 is 0 Å². The van der Waals surface area contributed by atoms with Crippen LogP contribution in [0.4, 0.5) is 0 Å². The molecule has 1 aromatic rings. The van der Waals surface area contributed by atoms with E-state index in [9.17, 15) is 4.79 Å². The average molecular weight is 275 g/mol. The summed E-state index contributed by atoms with van der Waals surface area (Å²) in [6.07, 6.45) is 5.74. The monoisotopic (exact) mass is 275 g/mol. The van der Waals surface area contributed by atoms with Gasteiger partial charge < -0.3 is 5.11 Å². The summed E-state index contributed by atoms with van der Waals surface area (Å²) >= 11 is 0. The van der Waals surface area contributed by atoms with Crippen LogP contribution in [-0.4, -0.2) is 34.6 Å². The Balaban J connectivity index is 1.94. The average Bonchev–Trinajstić information content (AvgIpc) is 2.46. The first-order chi connectivity index (χ1) is 9.66. The molecule has 0 aliphatic carbocycles. The van der Waals surface area contributed by atoms with Gasteiger partial charge in [0.05, 0.1) is 0 Å². The molecule has 0 bridgehead atoms. The Labute approximate surface area is 121 Å². The van der Waals surface area contributed by atoms with Crippen LogP contribution >= 0.6 is 0 Å². The van der Waals surface area contributed by atoms with Gasteiger partial charge in [-0.2, -0.15) is 0 Å². The lowest BCUT2D eigenvalue weighted by atomic mass is 9.94. The molecule has 1 aliphatic rings. The molecule has 0 spiro atoms. The molecular weight excluding hydrogens is 250 g/mol. The summed E-state index contributed by atoms with van der Waals surface area (Å²) < 4.78 is 0. The lowest BCUT2D eigenvalue weighted by Gasteiger charge is -2.40. The highest BCUT2D eigenvalue weighted by molar-refractivity contribution is 5.66. The van der Waals surface area contributed by atoms with E-state index in [1.807, 2.05) is 6.07 Å². The third-order valence-corrected chi connectivity index (χ3v) is 4.30. The molecule has 2 rings (SSSR count). The zero-order valence-electron chi connectivity index (χ0n) is 12.3. The van der Waals surface area contributed by atoms with E-state index in [0.29, 0.717) is 18.5 Å². The fourth-order valence-electron chi connectivity index (χ4n) is 3.28. The molecule has 1 heterocycles. The number of aliphatic carboxylic acids is 1. The van der Waals surface area contributed by atoms with Crippen LogP contribution in [0.5, 0.6) is 0 Å². The Morgan fingerprint density at radius 1 is 1.35 bits per heavy atom. The first kappa shape index (κ1) is 15.0. The predicted octanol–water partition coefficient (Wildman–Crippen LogP) is 3.34. The lowest BCUT2D eigenvalue weighted by Crippen LogP contribution is -2.46. The van der Waals surface area contributed by atoms with Crippen molar-refractivity contribution in [3.05, 3.63) is 35.9 Å². The van der Waals surface area contributed by atoms with Crippen LogP contribution in [0.2, 0.25) is 0 Å². The molecule has 1 fully saturated rings. The van der Waals surface area contributed by atoms with E-state index in [0.717, 1.165) is 25.8 Å². The predicted molar refractivity (Wildman–Crippen MR) is 80.8 cm³/mol. The number of hydrogen-bond donors (Lipinski definition) is 1. The van der Waals surface area contributed by atoms with Crippen molar-refractivity contribution in [2.75, 3.05) is 6.54 Å². The molecule has 2 atom stereocenters. The third-order valence-electron chi connectivity index (χ3n) is 4.30. The van der Waals surface area contributed by atoms with Gasteiger partial charge in [-0.1, -0.05) is 36.8 Å². The van der Waals surface area contributed by atoms with Crippen LogP contribution in [0, 0.1) is 0 Å². The highest BCUT2D eigenvalue weighted by atomic mass is 16.4. The van der Waals surface area contributed by atoms with Gasteiger partial charge in [-0.25, -0.2) is 0 Å². The largest absolute Gasteiger partial charge is 0.481 e. The topological polar surface area (TPSA) is 40.5 Å². The Hall–Kier alpha value is -1.35. The minimum atomic E-state index is -0.675. The Bertz CT molecular complexity index is 418. The van der Waals surface area contributed by atoms with Crippen molar-refractivity contribution in [1.29, 1.82) is 0 Å². The van der Waals surface area contributed by atoms with E-state index in [4.69, 9.17) is 5.11 Å². The molecule has 1 aromatic carbocycles.